The molecule has 0 saturated heterocycles. The molecule has 1 amide bonds. The Morgan fingerprint density at radius 2 is 1.87 bits per heavy atom. The first-order valence-corrected chi connectivity index (χ1v) is 9.76. The van der Waals surface area contributed by atoms with Crippen LogP contribution in [-0.4, -0.2) is 41.1 Å². The monoisotopic (exact) mass is 431 g/mol. The fourth-order valence-corrected chi connectivity index (χ4v) is 2.71. The van der Waals surface area contributed by atoms with Crippen molar-refractivity contribution in [2.24, 2.45) is 16.6 Å². The van der Waals surface area contributed by atoms with Gasteiger partial charge in [-0.25, -0.2) is 4.98 Å². The van der Waals surface area contributed by atoms with Crippen LogP contribution in [0.1, 0.15) is 31.2 Å². The van der Waals surface area contributed by atoms with E-state index in [1.165, 1.54) is 15.7 Å². The lowest BCUT2D eigenvalue weighted by atomic mass is 10.1. The van der Waals surface area contributed by atoms with E-state index in [2.05, 4.69) is 52.0 Å². The van der Waals surface area contributed by atoms with Gasteiger partial charge in [0.25, 0.3) is 5.56 Å². The van der Waals surface area contributed by atoms with Gasteiger partial charge in [0.1, 0.15) is 13.2 Å². The average Bonchev–Trinajstić information content (AvgIpc) is 2.72. The molecule has 1 aromatic heterocycles. The lowest BCUT2D eigenvalue weighted by Crippen LogP contribution is -2.36. The number of nitrogens with one attached hydrogen (secondary N) is 2. The maximum absolute atomic E-state index is 12.7. The van der Waals surface area contributed by atoms with Gasteiger partial charge in [-0.2, -0.15) is 0 Å². The summed E-state index contributed by atoms with van der Waals surface area (Å²) in [7, 11) is 0. The molecule has 0 spiro atoms. The molecule has 0 unspecified atom stereocenters. The van der Waals surface area contributed by atoms with E-state index in [-0.39, 0.29) is 50.4 Å². The molecule has 1 aromatic carbocycles. The van der Waals surface area contributed by atoms with Crippen molar-refractivity contribution in [1.29, 1.82) is 0 Å². The van der Waals surface area contributed by atoms with E-state index in [0.717, 1.165) is 12.8 Å². The number of anilines is 1. The summed E-state index contributed by atoms with van der Waals surface area (Å²) < 4.78 is 1.37. The second-order valence-corrected chi connectivity index (χ2v) is 6.69. The van der Waals surface area contributed by atoms with E-state index in [1.54, 1.807) is 13.1 Å². The van der Waals surface area contributed by atoms with Crippen LogP contribution in [0.15, 0.2) is 40.4 Å². The van der Waals surface area contributed by atoms with Crippen molar-refractivity contribution in [2.45, 2.75) is 40.7 Å². The highest BCUT2D eigenvalue weighted by atomic mass is 16.6. The molecule has 10 nitrogen and oxygen atoms in total. The summed E-state index contributed by atoms with van der Waals surface area (Å²) in [6, 6.07) is 8.38. The van der Waals surface area contributed by atoms with Crippen LogP contribution in [0.4, 0.5) is 5.82 Å². The maximum Gasteiger partial charge on any atom is 0.293 e. The van der Waals surface area contributed by atoms with Crippen LogP contribution in [0.5, 0.6) is 0 Å². The minimum absolute atomic E-state index is 0. The minimum atomic E-state index is -0.344. The smallest absolute Gasteiger partial charge is 0.293 e. The predicted octanol–water partition coefficient (Wildman–Crippen LogP) is 0.726. The molecule has 0 fully saturated rings. The van der Waals surface area contributed by atoms with Crippen molar-refractivity contribution in [3.05, 3.63) is 57.6 Å². The number of hydrogen-bond acceptors (Lipinski definition) is 6. The number of benzene rings is 1. The van der Waals surface area contributed by atoms with E-state index in [1.807, 2.05) is 0 Å². The van der Waals surface area contributed by atoms with Crippen molar-refractivity contribution in [3.63, 3.8) is 0 Å². The number of aryl methyl sites for hydroxylation is 2. The van der Waals surface area contributed by atoms with E-state index >= 15 is 0 Å². The van der Waals surface area contributed by atoms with Gasteiger partial charge in [0.2, 0.25) is 11.9 Å². The lowest BCUT2D eigenvalue weighted by Gasteiger charge is -2.12. The number of amides is 1. The Balaban J connectivity index is 0.00000480. The Hall–Kier alpha value is -3.56. The summed E-state index contributed by atoms with van der Waals surface area (Å²) >= 11 is 0. The van der Waals surface area contributed by atoms with Gasteiger partial charge in [0.05, 0.1) is 6.54 Å². The average molecular weight is 432 g/mol. The topological polar surface area (TPSA) is 150 Å². The number of rotatable bonds is 11. The molecule has 0 saturated carbocycles. The summed E-state index contributed by atoms with van der Waals surface area (Å²) in [5.74, 6) is -0.311. The lowest BCUT2D eigenvalue weighted by molar-refractivity contribution is -0.122. The van der Waals surface area contributed by atoms with Gasteiger partial charge in [0.15, 0.2) is 5.82 Å². The molecule has 31 heavy (non-hydrogen) atoms. The van der Waals surface area contributed by atoms with Crippen LogP contribution in [0.3, 0.4) is 0 Å². The molecular formula is C21H33N7O3. The zero-order chi connectivity index (χ0) is 21.9. The number of nitrogens with two attached hydrogens (primary N) is 2. The number of guanidine groups is 1. The van der Waals surface area contributed by atoms with E-state index < -0.39 is 0 Å². The molecule has 2 aromatic rings. The summed E-state index contributed by atoms with van der Waals surface area (Å²) in [6.45, 7) is 4.60. The summed E-state index contributed by atoms with van der Waals surface area (Å²) in [5.41, 5.74) is 13.0. The molecule has 0 atom stereocenters. The fourth-order valence-electron chi connectivity index (χ4n) is 2.71. The summed E-state index contributed by atoms with van der Waals surface area (Å²) in [5, 5.41) is 9.06. The van der Waals surface area contributed by atoms with Gasteiger partial charge >= 0.3 is 0 Å². The zero-order valence-corrected chi connectivity index (χ0v) is 17.4. The highest BCUT2D eigenvalue weighted by molar-refractivity contribution is 5.76. The van der Waals surface area contributed by atoms with Gasteiger partial charge in [0, 0.05) is 18.4 Å². The number of hydrogen-bond donors (Lipinski definition) is 4. The van der Waals surface area contributed by atoms with Gasteiger partial charge in [-0.1, -0.05) is 38.6 Å². The summed E-state index contributed by atoms with van der Waals surface area (Å²) in [6.07, 6.45) is 3.33. The van der Waals surface area contributed by atoms with E-state index in [4.69, 9.17) is 16.3 Å². The molecule has 0 bridgehead atoms. The van der Waals surface area contributed by atoms with Crippen LogP contribution < -0.4 is 27.7 Å². The van der Waals surface area contributed by atoms with Gasteiger partial charge in [-0.3, -0.25) is 14.2 Å². The molecule has 6 N–H and O–H groups in total. The molecule has 1 heterocycles. The molecule has 0 radical (unpaired) electrons. The van der Waals surface area contributed by atoms with E-state index in [0.29, 0.717) is 12.2 Å². The number of carbonyl (C=O) groups is 1. The van der Waals surface area contributed by atoms with Crippen molar-refractivity contribution in [2.75, 3.05) is 25.0 Å². The minimum Gasteiger partial charge on any atom is -0.391 e. The molecule has 0 aliphatic heterocycles. The first-order valence-electron chi connectivity index (χ1n) is 9.76. The number of carbonyl (C=O) groups excluding carboxylic acids is 1. The SMILES string of the molecule is C.CCc1ccc(CCNc2ncc(C)n(CC(=O)NCCON=C(N)N)c2=O)cc1. The van der Waals surface area contributed by atoms with Crippen LogP contribution in [0.2, 0.25) is 0 Å². The third-order valence-electron chi connectivity index (χ3n) is 4.38. The van der Waals surface area contributed by atoms with Crippen molar-refractivity contribution < 1.29 is 9.63 Å². The second-order valence-electron chi connectivity index (χ2n) is 6.69. The first-order chi connectivity index (χ1) is 14.4. The molecule has 2 rings (SSSR count). The van der Waals surface area contributed by atoms with Crippen molar-refractivity contribution in [3.8, 4) is 0 Å². The van der Waals surface area contributed by atoms with Crippen molar-refractivity contribution >= 4 is 17.7 Å². The molecule has 0 aliphatic rings. The fraction of sp³-hybridized carbons (Fsp3) is 0.429. The molecular weight excluding hydrogens is 398 g/mol. The highest BCUT2D eigenvalue weighted by Crippen LogP contribution is 2.06. The largest absolute Gasteiger partial charge is 0.391 e. The Labute approximate surface area is 182 Å². The van der Waals surface area contributed by atoms with E-state index in [9.17, 15) is 9.59 Å². The standard InChI is InChI=1S/C20H29N7O3.CH4/c1-3-15-4-6-16(7-5-15)8-9-24-18-19(29)27(14(2)12-25-18)13-17(28)23-10-11-30-26-20(21)22;/h4-7,12H,3,8-11,13H2,1-2H3,(H,23,28)(H,24,25)(H4,21,22,26);1H4. The van der Waals surface area contributed by atoms with Gasteiger partial charge < -0.3 is 26.9 Å². The zero-order valence-electron chi connectivity index (χ0n) is 17.4. The van der Waals surface area contributed by atoms with Gasteiger partial charge in [-0.05, 0) is 36.0 Å². The van der Waals surface area contributed by atoms with Crippen molar-refractivity contribution in [1.82, 2.24) is 14.9 Å². The number of nitrogens with zero attached hydrogens (tertiary/aromatic N) is 3. The Bertz CT molecular complexity index is 920. The first kappa shape index (κ1) is 25.5. The van der Waals surface area contributed by atoms with Gasteiger partial charge in [-0.15, -0.1) is 0 Å². The summed E-state index contributed by atoms with van der Waals surface area (Å²) in [4.78, 5) is 33.8. The molecule has 0 aliphatic carbocycles. The Morgan fingerprint density at radius 3 is 2.52 bits per heavy atom. The third kappa shape index (κ3) is 8.37. The maximum atomic E-state index is 12.7. The molecule has 170 valence electrons. The Kier molecular flexibility index (Phi) is 10.6. The van der Waals surface area contributed by atoms with Crippen LogP contribution in [-0.2, 0) is 29.0 Å². The number of oxime groups is 1. The quantitative estimate of drug-likeness (QED) is 0.177. The predicted molar refractivity (Wildman–Crippen MR) is 123 cm³/mol. The third-order valence-corrected chi connectivity index (χ3v) is 4.38. The highest BCUT2D eigenvalue weighted by Gasteiger charge is 2.11. The molecule has 10 heteroatoms. The second kappa shape index (κ2) is 12.9. The number of aromatic nitrogens is 2. The normalized spacial score (nSPS) is 10.0. The van der Waals surface area contributed by atoms with Crippen LogP contribution in [0.25, 0.3) is 0 Å². The van der Waals surface area contributed by atoms with Crippen LogP contribution >= 0.6 is 0 Å². The van der Waals surface area contributed by atoms with Crippen LogP contribution in [0, 0.1) is 6.92 Å². The Morgan fingerprint density at radius 1 is 1.19 bits per heavy atom.